The van der Waals surface area contributed by atoms with E-state index in [-0.39, 0.29) is 21.5 Å². The molecule has 0 aliphatic heterocycles. The summed E-state index contributed by atoms with van der Waals surface area (Å²) in [7, 11) is 1.38. The van der Waals surface area contributed by atoms with Crippen molar-refractivity contribution in [3.8, 4) is 11.5 Å². The van der Waals surface area contributed by atoms with Crippen LogP contribution in [0.15, 0.2) is 6.07 Å². The average Bonchev–Trinajstić information content (AvgIpc) is 2.18. The summed E-state index contributed by atoms with van der Waals surface area (Å²) < 4.78 is 33.1. The topological polar surface area (TPSA) is 18.5 Å². The quantitative estimate of drug-likeness (QED) is 0.817. The van der Waals surface area contributed by atoms with Gasteiger partial charge in [0.2, 0.25) is 0 Å². The molecule has 0 fully saturated rings. The largest absolute Gasteiger partial charge is 0.495 e. The van der Waals surface area contributed by atoms with Crippen LogP contribution in [-0.4, -0.2) is 13.7 Å². The molecule has 0 heterocycles. The molecule has 84 valence electrons. The van der Waals surface area contributed by atoms with Gasteiger partial charge in [0.1, 0.15) is 11.5 Å². The molecule has 0 atom stereocenters. The lowest BCUT2D eigenvalue weighted by Gasteiger charge is -2.12. The molecule has 0 radical (unpaired) electrons. The molecule has 0 bridgehead atoms. The molecule has 0 saturated heterocycles. The van der Waals surface area contributed by atoms with Crippen LogP contribution in [0.4, 0.5) is 8.78 Å². The first kappa shape index (κ1) is 12.3. The van der Waals surface area contributed by atoms with Gasteiger partial charge in [-0.3, -0.25) is 0 Å². The Balaban J connectivity index is 3.22. The standard InChI is InChI=1S/C9H8Cl2F2O2/c1-4-7(10)5(14-2)3-6(8(4)11)15-9(12)13/h3,9H,1-2H3. The highest BCUT2D eigenvalue weighted by Gasteiger charge is 2.16. The molecule has 2 nitrogen and oxygen atoms in total. The maximum absolute atomic E-state index is 12.0. The van der Waals surface area contributed by atoms with Gasteiger partial charge in [0, 0.05) is 6.07 Å². The van der Waals surface area contributed by atoms with E-state index in [1.807, 2.05) is 0 Å². The lowest BCUT2D eigenvalue weighted by molar-refractivity contribution is -0.0498. The molecule has 0 aliphatic carbocycles. The molecule has 1 aromatic carbocycles. The van der Waals surface area contributed by atoms with Gasteiger partial charge >= 0.3 is 6.61 Å². The predicted octanol–water partition coefficient (Wildman–Crippen LogP) is 3.91. The normalized spacial score (nSPS) is 10.6. The van der Waals surface area contributed by atoms with E-state index in [4.69, 9.17) is 27.9 Å². The monoisotopic (exact) mass is 256 g/mol. The van der Waals surface area contributed by atoms with Gasteiger partial charge in [-0.1, -0.05) is 23.2 Å². The lowest BCUT2D eigenvalue weighted by atomic mass is 10.2. The summed E-state index contributed by atoms with van der Waals surface area (Å²) in [5.41, 5.74) is 0.438. The molecule has 1 aromatic rings. The van der Waals surface area contributed by atoms with Crippen LogP contribution in [0, 0.1) is 6.92 Å². The Morgan fingerprint density at radius 3 is 2.20 bits per heavy atom. The Morgan fingerprint density at radius 2 is 1.73 bits per heavy atom. The predicted molar refractivity (Wildman–Crippen MR) is 54.4 cm³/mol. The average molecular weight is 257 g/mol. The smallest absolute Gasteiger partial charge is 0.387 e. The third-order valence-electron chi connectivity index (χ3n) is 1.79. The van der Waals surface area contributed by atoms with Gasteiger partial charge in [-0.15, -0.1) is 0 Å². The third-order valence-corrected chi connectivity index (χ3v) is 2.73. The second kappa shape index (κ2) is 4.86. The fourth-order valence-corrected chi connectivity index (χ4v) is 1.51. The van der Waals surface area contributed by atoms with Crippen molar-refractivity contribution in [2.45, 2.75) is 13.5 Å². The van der Waals surface area contributed by atoms with E-state index in [0.717, 1.165) is 0 Å². The van der Waals surface area contributed by atoms with Crippen molar-refractivity contribution in [3.05, 3.63) is 21.7 Å². The maximum atomic E-state index is 12.0. The van der Waals surface area contributed by atoms with E-state index in [9.17, 15) is 8.78 Å². The molecular formula is C9H8Cl2F2O2. The number of ether oxygens (including phenoxy) is 2. The maximum Gasteiger partial charge on any atom is 0.387 e. The van der Waals surface area contributed by atoms with E-state index < -0.39 is 6.61 Å². The number of methoxy groups -OCH3 is 1. The Hall–Kier alpha value is -0.740. The van der Waals surface area contributed by atoms with Gasteiger partial charge in [-0.2, -0.15) is 8.78 Å². The first-order valence-corrected chi connectivity index (χ1v) is 4.70. The summed E-state index contributed by atoms with van der Waals surface area (Å²) in [6, 6.07) is 1.23. The summed E-state index contributed by atoms with van der Waals surface area (Å²) in [6.45, 7) is -1.35. The van der Waals surface area contributed by atoms with Crippen molar-refractivity contribution in [1.29, 1.82) is 0 Å². The SMILES string of the molecule is COc1cc(OC(F)F)c(Cl)c(C)c1Cl. The van der Waals surface area contributed by atoms with E-state index in [2.05, 4.69) is 4.74 Å². The minimum Gasteiger partial charge on any atom is -0.495 e. The number of hydrogen-bond acceptors (Lipinski definition) is 2. The molecule has 15 heavy (non-hydrogen) atoms. The van der Waals surface area contributed by atoms with E-state index in [0.29, 0.717) is 5.56 Å². The first-order chi connectivity index (χ1) is 6.97. The number of benzene rings is 1. The molecule has 0 amide bonds. The van der Waals surface area contributed by atoms with Gasteiger partial charge in [0.15, 0.2) is 0 Å². The van der Waals surface area contributed by atoms with Crippen molar-refractivity contribution in [2.75, 3.05) is 7.11 Å². The summed E-state index contributed by atoms with van der Waals surface area (Å²) in [4.78, 5) is 0. The zero-order valence-electron chi connectivity index (χ0n) is 7.98. The second-order valence-corrected chi connectivity index (χ2v) is 3.46. The van der Waals surface area contributed by atoms with E-state index >= 15 is 0 Å². The molecule has 0 saturated carbocycles. The first-order valence-electron chi connectivity index (χ1n) is 3.94. The van der Waals surface area contributed by atoms with Crippen LogP contribution in [0.1, 0.15) is 5.56 Å². The summed E-state index contributed by atoms with van der Waals surface area (Å²) >= 11 is 11.6. The van der Waals surface area contributed by atoms with Crippen LogP contribution in [-0.2, 0) is 0 Å². The van der Waals surface area contributed by atoms with Crippen molar-refractivity contribution >= 4 is 23.2 Å². The highest BCUT2D eigenvalue weighted by atomic mass is 35.5. The Morgan fingerprint density at radius 1 is 1.20 bits per heavy atom. The van der Waals surface area contributed by atoms with Gasteiger partial charge in [0.25, 0.3) is 0 Å². The van der Waals surface area contributed by atoms with Gasteiger partial charge in [-0.05, 0) is 12.5 Å². The molecule has 0 aliphatic rings. The molecule has 0 unspecified atom stereocenters. The lowest BCUT2D eigenvalue weighted by Crippen LogP contribution is -2.03. The highest BCUT2D eigenvalue weighted by Crippen LogP contribution is 2.40. The van der Waals surface area contributed by atoms with E-state index in [1.54, 1.807) is 6.92 Å². The molecule has 0 N–H and O–H groups in total. The zero-order chi connectivity index (χ0) is 11.6. The number of alkyl halides is 2. The fourth-order valence-electron chi connectivity index (χ4n) is 1.04. The summed E-state index contributed by atoms with van der Waals surface area (Å²) in [5.74, 6) is 0.0969. The highest BCUT2D eigenvalue weighted by molar-refractivity contribution is 6.37. The number of rotatable bonds is 3. The third kappa shape index (κ3) is 2.63. The zero-order valence-corrected chi connectivity index (χ0v) is 9.49. The molecule has 1 rings (SSSR count). The van der Waals surface area contributed by atoms with Gasteiger partial charge in [0.05, 0.1) is 17.2 Å². The van der Waals surface area contributed by atoms with Crippen molar-refractivity contribution in [1.82, 2.24) is 0 Å². The molecular weight excluding hydrogens is 249 g/mol. The molecule has 0 aromatic heterocycles. The van der Waals surface area contributed by atoms with E-state index in [1.165, 1.54) is 13.2 Å². The van der Waals surface area contributed by atoms with Crippen LogP contribution in [0.25, 0.3) is 0 Å². The summed E-state index contributed by atoms with van der Waals surface area (Å²) in [6.07, 6.45) is 0. The van der Waals surface area contributed by atoms with Crippen molar-refractivity contribution in [2.24, 2.45) is 0 Å². The summed E-state index contributed by atoms with van der Waals surface area (Å²) in [5, 5.41) is 0.338. The fraction of sp³-hybridized carbons (Fsp3) is 0.333. The Labute approximate surface area is 95.7 Å². The Kier molecular flexibility index (Phi) is 3.99. The van der Waals surface area contributed by atoms with Crippen molar-refractivity contribution < 1.29 is 18.3 Å². The van der Waals surface area contributed by atoms with Crippen molar-refractivity contribution in [3.63, 3.8) is 0 Å². The minimum absolute atomic E-state index is 0.0566. The molecule has 0 spiro atoms. The number of hydrogen-bond donors (Lipinski definition) is 0. The minimum atomic E-state index is -2.94. The molecule has 6 heteroatoms. The second-order valence-electron chi connectivity index (χ2n) is 2.71. The Bertz CT molecular complexity index is 370. The van der Waals surface area contributed by atoms with Crippen LogP contribution in [0.3, 0.4) is 0 Å². The van der Waals surface area contributed by atoms with Crippen LogP contribution < -0.4 is 9.47 Å². The van der Waals surface area contributed by atoms with Gasteiger partial charge < -0.3 is 9.47 Å². The number of halogens is 4. The van der Waals surface area contributed by atoms with Crippen LogP contribution in [0.2, 0.25) is 10.0 Å². The van der Waals surface area contributed by atoms with Gasteiger partial charge in [-0.25, -0.2) is 0 Å². The van der Waals surface area contributed by atoms with Crippen LogP contribution >= 0.6 is 23.2 Å². The van der Waals surface area contributed by atoms with Crippen LogP contribution in [0.5, 0.6) is 11.5 Å².